The molecular formula is C8H6IN3. The zero-order chi connectivity index (χ0) is 8.55. The Bertz CT molecular complexity index is 428. The van der Waals surface area contributed by atoms with Gasteiger partial charge in [0.2, 0.25) is 0 Å². The van der Waals surface area contributed by atoms with E-state index >= 15 is 0 Å². The molecule has 0 fully saturated rings. The van der Waals surface area contributed by atoms with Gasteiger partial charge >= 0.3 is 0 Å². The van der Waals surface area contributed by atoms with Gasteiger partial charge in [-0.1, -0.05) is 0 Å². The van der Waals surface area contributed by atoms with E-state index in [0.717, 1.165) is 14.6 Å². The number of hydrogen-bond acceptors (Lipinski definition) is 3. The topological polar surface area (TPSA) is 51.8 Å². The highest BCUT2D eigenvalue weighted by molar-refractivity contribution is 14.1. The van der Waals surface area contributed by atoms with Gasteiger partial charge in [-0.25, -0.2) is 0 Å². The molecule has 0 unspecified atom stereocenters. The van der Waals surface area contributed by atoms with E-state index in [0.29, 0.717) is 5.69 Å². The molecule has 0 saturated carbocycles. The van der Waals surface area contributed by atoms with Crippen LogP contribution in [0.15, 0.2) is 24.5 Å². The maximum atomic E-state index is 5.81. The monoisotopic (exact) mass is 271 g/mol. The predicted molar refractivity (Wildman–Crippen MR) is 56.7 cm³/mol. The first-order valence-electron chi connectivity index (χ1n) is 3.44. The smallest absolute Gasteiger partial charge is 0.113 e. The Morgan fingerprint density at radius 3 is 3.00 bits per heavy atom. The minimum Gasteiger partial charge on any atom is -0.396 e. The molecule has 3 nitrogen and oxygen atoms in total. The molecule has 0 radical (unpaired) electrons. The van der Waals surface area contributed by atoms with E-state index in [2.05, 4.69) is 32.6 Å². The number of nitrogens with zero attached hydrogens (tertiary/aromatic N) is 2. The van der Waals surface area contributed by atoms with Gasteiger partial charge in [0.25, 0.3) is 0 Å². The van der Waals surface area contributed by atoms with Crippen LogP contribution in [0, 0.1) is 3.57 Å². The normalized spacial score (nSPS) is 10.4. The second kappa shape index (κ2) is 2.85. The Morgan fingerprint density at radius 2 is 2.17 bits per heavy atom. The van der Waals surface area contributed by atoms with Crippen LogP contribution in [0.25, 0.3) is 11.0 Å². The van der Waals surface area contributed by atoms with Crippen LogP contribution in [0.5, 0.6) is 0 Å². The van der Waals surface area contributed by atoms with Gasteiger partial charge in [-0.3, -0.25) is 9.97 Å². The number of aromatic nitrogens is 2. The van der Waals surface area contributed by atoms with Crippen LogP contribution in [-0.4, -0.2) is 9.97 Å². The largest absolute Gasteiger partial charge is 0.396 e. The summed E-state index contributed by atoms with van der Waals surface area (Å²) in [7, 11) is 0. The maximum Gasteiger partial charge on any atom is 0.113 e. The van der Waals surface area contributed by atoms with Crippen LogP contribution in [-0.2, 0) is 0 Å². The average molecular weight is 271 g/mol. The predicted octanol–water partition coefficient (Wildman–Crippen LogP) is 1.82. The summed E-state index contributed by atoms with van der Waals surface area (Å²) in [6, 6.07) is 3.75. The quantitative estimate of drug-likeness (QED) is 0.743. The lowest BCUT2D eigenvalue weighted by atomic mass is 10.3. The van der Waals surface area contributed by atoms with E-state index in [1.165, 1.54) is 0 Å². The number of hydrogen-bond donors (Lipinski definition) is 1. The van der Waals surface area contributed by atoms with Crippen LogP contribution in [0.3, 0.4) is 0 Å². The fourth-order valence-corrected chi connectivity index (χ4v) is 1.41. The van der Waals surface area contributed by atoms with Crippen LogP contribution < -0.4 is 5.73 Å². The molecule has 0 atom stereocenters. The molecule has 0 aliphatic heterocycles. The molecule has 0 aliphatic carbocycles. The fraction of sp³-hybridized carbons (Fsp3) is 0. The molecule has 60 valence electrons. The summed E-state index contributed by atoms with van der Waals surface area (Å²) in [6.07, 6.45) is 3.47. The van der Waals surface area contributed by atoms with Gasteiger partial charge in [0.1, 0.15) is 5.52 Å². The first-order chi connectivity index (χ1) is 5.79. The van der Waals surface area contributed by atoms with Crippen LogP contribution in [0.4, 0.5) is 5.69 Å². The van der Waals surface area contributed by atoms with Gasteiger partial charge in [-0.15, -0.1) is 0 Å². The van der Waals surface area contributed by atoms with Gasteiger partial charge in [0.15, 0.2) is 0 Å². The molecule has 2 N–H and O–H groups in total. The molecule has 2 aromatic heterocycles. The van der Waals surface area contributed by atoms with E-state index in [1.54, 1.807) is 12.4 Å². The third-order valence-corrected chi connectivity index (χ3v) is 2.48. The van der Waals surface area contributed by atoms with Crippen molar-refractivity contribution in [3.05, 3.63) is 28.1 Å². The molecular weight excluding hydrogens is 265 g/mol. The lowest BCUT2D eigenvalue weighted by Gasteiger charge is -2.00. The van der Waals surface area contributed by atoms with Crippen molar-refractivity contribution in [3.8, 4) is 0 Å². The third kappa shape index (κ3) is 1.12. The molecule has 0 saturated heterocycles. The van der Waals surface area contributed by atoms with Crippen molar-refractivity contribution in [2.24, 2.45) is 0 Å². The molecule has 0 aromatic carbocycles. The van der Waals surface area contributed by atoms with Crippen LogP contribution >= 0.6 is 22.6 Å². The lowest BCUT2D eigenvalue weighted by molar-refractivity contribution is 1.32. The summed E-state index contributed by atoms with van der Waals surface area (Å²) in [5.41, 5.74) is 8.14. The van der Waals surface area contributed by atoms with Crippen molar-refractivity contribution in [2.45, 2.75) is 0 Å². The summed E-state index contributed by atoms with van der Waals surface area (Å²) in [5, 5.41) is 0. The Labute approximate surface area is 83.2 Å². The molecule has 0 amide bonds. The number of pyridine rings is 2. The number of anilines is 1. The van der Waals surface area contributed by atoms with E-state index < -0.39 is 0 Å². The molecule has 2 aromatic rings. The van der Waals surface area contributed by atoms with E-state index in [4.69, 9.17) is 5.73 Å². The number of halogens is 1. The second-order valence-electron chi connectivity index (χ2n) is 2.39. The minimum absolute atomic E-state index is 0.709. The SMILES string of the molecule is Nc1c(I)cnc2cccnc12. The van der Waals surface area contributed by atoms with Gasteiger partial charge < -0.3 is 5.73 Å². The summed E-state index contributed by atoms with van der Waals surface area (Å²) in [5.74, 6) is 0. The Kier molecular flexibility index (Phi) is 1.84. The summed E-state index contributed by atoms with van der Waals surface area (Å²) in [6.45, 7) is 0. The number of nitrogens with two attached hydrogens (primary N) is 1. The summed E-state index contributed by atoms with van der Waals surface area (Å²) >= 11 is 2.14. The zero-order valence-electron chi connectivity index (χ0n) is 6.16. The van der Waals surface area contributed by atoms with Crippen molar-refractivity contribution >= 4 is 39.3 Å². The number of nitrogen functional groups attached to an aromatic ring is 1. The molecule has 0 bridgehead atoms. The van der Waals surface area contributed by atoms with Crippen molar-refractivity contribution in [2.75, 3.05) is 5.73 Å². The standard InChI is InChI=1S/C8H6IN3/c9-5-4-12-6-2-1-3-11-8(6)7(5)10/h1-4H,(H2,10,12). The van der Waals surface area contributed by atoms with Crippen molar-refractivity contribution < 1.29 is 0 Å². The summed E-state index contributed by atoms with van der Waals surface area (Å²) in [4.78, 5) is 8.34. The van der Waals surface area contributed by atoms with Gasteiger partial charge in [0.05, 0.1) is 14.8 Å². The van der Waals surface area contributed by atoms with Crippen molar-refractivity contribution in [1.29, 1.82) is 0 Å². The molecule has 2 rings (SSSR count). The molecule has 4 heteroatoms. The average Bonchev–Trinajstić information content (AvgIpc) is 2.12. The third-order valence-electron chi connectivity index (χ3n) is 1.62. The Balaban J connectivity index is 2.91. The van der Waals surface area contributed by atoms with E-state index in [9.17, 15) is 0 Å². The van der Waals surface area contributed by atoms with E-state index in [-0.39, 0.29) is 0 Å². The van der Waals surface area contributed by atoms with E-state index in [1.807, 2.05) is 12.1 Å². The highest BCUT2D eigenvalue weighted by Crippen LogP contribution is 2.21. The first kappa shape index (κ1) is 7.72. The maximum absolute atomic E-state index is 5.81. The highest BCUT2D eigenvalue weighted by Gasteiger charge is 2.02. The Morgan fingerprint density at radius 1 is 1.33 bits per heavy atom. The van der Waals surface area contributed by atoms with Crippen LogP contribution in [0.1, 0.15) is 0 Å². The number of rotatable bonds is 0. The summed E-state index contributed by atoms with van der Waals surface area (Å²) < 4.78 is 0.943. The second-order valence-corrected chi connectivity index (χ2v) is 3.55. The minimum atomic E-state index is 0.709. The zero-order valence-corrected chi connectivity index (χ0v) is 8.32. The van der Waals surface area contributed by atoms with Gasteiger partial charge in [-0.2, -0.15) is 0 Å². The molecule has 0 aliphatic rings. The van der Waals surface area contributed by atoms with Gasteiger partial charge in [-0.05, 0) is 34.7 Å². The molecule has 0 spiro atoms. The van der Waals surface area contributed by atoms with Gasteiger partial charge in [0, 0.05) is 12.4 Å². The molecule has 12 heavy (non-hydrogen) atoms. The first-order valence-corrected chi connectivity index (χ1v) is 4.51. The highest BCUT2D eigenvalue weighted by atomic mass is 127. The molecule has 2 heterocycles. The van der Waals surface area contributed by atoms with Crippen molar-refractivity contribution in [1.82, 2.24) is 9.97 Å². The van der Waals surface area contributed by atoms with Crippen molar-refractivity contribution in [3.63, 3.8) is 0 Å². The lowest BCUT2D eigenvalue weighted by Crippen LogP contribution is -1.94. The van der Waals surface area contributed by atoms with Crippen LogP contribution in [0.2, 0.25) is 0 Å². The Hall–Kier alpha value is -0.910. The fourth-order valence-electron chi connectivity index (χ4n) is 1.02. The number of fused-ring (bicyclic) bond motifs is 1.